The van der Waals surface area contributed by atoms with E-state index in [-0.39, 0.29) is 16.8 Å². The molecule has 9 heteroatoms. The fraction of sp³-hybridized carbons (Fsp3) is 0.286. The van der Waals surface area contributed by atoms with E-state index in [1.807, 2.05) is 0 Å². The molecule has 7 nitrogen and oxygen atoms in total. The van der Waals surface area contributed by atoms with Gasteiger partial charge >= 0.3 is 0 Å². The van der Waals surface area contributed by atoms with Gasteiger partial charge in [0.05, 0.1) is 21.8 Å². The molecule has 0 bridgehead atoms. The van der Waals surface area contributed by atoms with Crippen molar-refractivity contribution in [2.24, 2.45) is 0 Å². The zero-order valence-corrected chi connectivity index (χ0v) is 22.2. The summed E-state index contributed by atoms with van der Waals surface area (Å²) in [6.07, 6.45) is 5.21. The van der Waals surface area contributed by atoms with E-state index in [0.717, 1.165) is 30.0 Å². The van der Waals surface area contributed by atoms with Crippen molar-refractivity contribution < 1.29 is 18.0 Å². The number of hydrogen-bond acceptors (Lipinski definition) is 4. The average Bonchev–Trinajstić information content (AvgIpc) is 2.90. The van der Waals surface area contributed by atoms with Crippen LogP contribution in [0.2, 0.25) is 5.02 Å². The summed E-state index contributed by atoms with van der Waals surface area (Å²) in [5.74, 6) is -0.848. The van der Waals surface area contributed by atoms with E-state index < -0.39 is 22.5 Å². The van der Waals surface area contributed by atoms with E-state index in [9.17, 15) is 18.0 Å². The molecule has 0 aromatic heterocycles. The number of anilines is 2. The smallest absolute Gasteiger partial charge is 0.264 e. The first-order valence-electron chi connectivity index (χ1n) is 12.3. The molecule has 0 atom stereocenters. The Morgan fingerprint density at radius 2 is 1.62 bits per heavy atom. The van der Waals surface area contributed by atoms with Crippen molar-refractivity contribution in [3.63, 3.8) is 0 Å². The van der Waals surface area contributed by atoms with Crippen molar-refractivity contribution in [3.05, 3.63) is 88.9 Å². The minimum Gasteiger partial charge on any atom is -0.349 e. The molecule has 1 saturated carbocycles. The Labute approximate surface area is 222 Å². The Kier molecular flexibility index (Phi) is 8.51. The van der Waals surface area contributed by atoms with E-state index in [4.69, 9.17) is 11.6 Å². The van der Waals surface area contributed by atoms with Crippen molar-refractivity contribution in [1.82, 2.24) is 5.32 Å². The van der Waals surface area contributed by atoms with Crippen LogP contribution in [0.4, 0.5) is 11.4 Å². The number of carbonyl (C=O) groups excluding carboxylic acids is 2. The third-order valence-corrected chi connectivity index (χ3v) is 8.45. The van der Waals surface area contributed by atoms with Crippen LogP contribution in [0.15, 0.2) is 77.7 Å². The summed E-state index contributed by atoms with van der Waals surface area (Å²) < 4.78 is 28.3. The van der Waals surface area contributed by atoms with Gasteiger partial charge in [0.2, 0.25) is 5.91 Å². The highest BCUT2D eigenvalue weighted by molar-refractivity contribution is 7.92. The number of rotatable bonds is 8. The van der Waals surface area contributed by atoms with E-state index in [0.29, 0.717) is 27.5 Å². The molecule has 3 aromatic carbocycles. The molecule has 0 saturated heterocycles. The number of carbonyl (C=O) groups is 2. The van der Waals surface area contributed by atoms with Crippen LogP contribution < -0.4 is 14.9 Å². The topological polar surface area (TPSA) is 95.6 Å². The second-order valence-corrected chi connectivity index (χ2v) is 11.5. The largest absolute Gasteiger partial charge is 0.349 e. The molecule has 37 heavy (non-hydrogen) atoms. The van der Waals surface area contributed by atoms with Crippen molar-refractivity contribution in [2.45, 2.75) is 50.0 Å². The van der Waals surface area contributed by atoms with Crippen LogP contribution in [0.25, 0.3) is 0 Å². The number of hydrogen-bond donors (Lipinski definition) is 2. The summed E-state index contributed by atoms with van der Waals surface area (Å²) in [6, 6.07) is 19.6. The summed E-state index contributed by atoms with van der Waals surface area (Å²) in [7, 11) is -4.09. The zero-order valence-electron chi connectivity index (χ0n) is 20.6. The highest BCUT2D eigenvalue weighted by atomic mass is 35.5. The minimum absolute atomic E-state index is 0.0504. The summed E-state index contributed by atoms with van der Waals surface area (Å²) in [6.45, 7) is 1.25. The molecule has 2 N–H and O–H groups in total. The Morgan fingerprint density at radius 1 is 0.946 bits per heavy atom. The molecule has 0 radical (unpaired) electrons. The number of aryl methyl sites for hydroxylation is 1. The summed E-state index contributed by atoms with van der Waals surface area (Å²) in [5, 5.41) is 6.16. The van der Waals surface area contributed by atoms with Crippen molar-refractivity contribution in [2.75, 3.05) is 16.2 Å². The molecule has 1 fully saturated rings. The molecule has 1 aliphatic carbocycles. The second-order valence-electron chi connectivity index (χ2n) is 9.16. The van der Waals surface area contributed by atoms with E-state index >= 15 is 0 Å². The van der Waals surface area contributed by atoms with Crippen LogP contribution in [0, 0.1) is 6.92 Å². The maximum Gasteiger partial charge on any atom is 0.264 e. The van der Waals surface area contributed by atoms with Crippen molar-refractivity contribution in [1.29, 1.82) is 0 Å². The number of para-hydroxylation sites is 1. The van der Waals surface area contributed by atoms with E-state index in [1.54, 1.807) is 61.5 Å². The van der Waals surface area contributed by atoms with Crippen LogP contribution in [0.5, 0.6) is 0 Å². The fourth-order valence-corrected chi connectivity index (χ4v) is 6.16. The first-order chi connectivity index (χ1) is 17.8. The van der Waals surface area contributed by atoms with Crippen LogP contribution in [-0.2, 0) is 14.8 Å². The van der Waals surface area contributed by atoms with Crippen LogP contribution in [0.3, 0.4) is 0 Å². The molecule has 4 rings (SSSR count). The van der Waals surface area contributed by atoms with Gasteiger partial charge in [-0.2, -0.15) is 0 Å². The second kappa shape index (κ2) is 11.8. The lowest BCUT2D eigenvalue weighted by Gasteiger charge is -2.26. The molecule has 0 heterocycles. The maximum atomic E-state index is 13.6. The molecule has 1 aliphatic rings. The molecule has 0 aliphatic heterocycles. The van der Waals surface area contributed by atoms with Gasteiger partial charge in [0, 0.05) is 11.1 Å². The van der Waals surface area contributed by atoms with Gasteiger partial charge in [-0.1, -0.05) is 67.3 Å². The lowest BCUT2D eigenvalue weighted by Crippen LogP contribution is -2.39. The molecular formula is C28H30ClN3O4S. The van der Waals surface area contributed by atoms with Gasteiger partial charge in [-0.15, -0.1) is 0 Å². The van der Waals surface area contributed by atoms with Crippen LogP contribution in [-0.4, -0.2) is 32.8 Å². The first kappa shape index (κ1) is 26.7. The molecule has 0 spiro atoms. The molecular weight excluding hydrogens is 510 g/mol. The Morgan fingerprint density at radius 3 is 2.35 bits per heavy atom. The van der Waals surface area contributed by atoms with Gasteiger partial charge in [0.15, 0.2) is 0 Å². The van der Waals surface area contributed by atoms with Gasteiger partial charge in [-0.25, -0.2) is 8.42 Å². The SMILES string of the molecule is Cc1ccc(Cl)cc1N(CC(=O)Nc1ccccc1C(=O)NC1CCCCC1)S(=O)(=O)c1ccccc1. The normalized spacial score (nSPS) is 14.1. The number of sulfonamides is 1. The molecule has 3 aromatic rings. The average molecular weight is 540 g/mol. The number of benzene rings is 3. The predicted molar refractivity (Wildman–Crippen MR) is 147 cm³/mol. The van der Waals surface area contributed by atoms with Gasteiger partial charge < -0.3 is 10.6 Å². The van der Waals surface area contributed by atoms with E-state index in [2.05, 4.69) is 10.6 Å². The van der Waals surface area contributed by atoms with E-state index in [1.165, 1.54) is 24.6 Å². The van der Waals surface area contributed by atoms with Crippen LogP contribution >= 0.6 is 11.6 Å². The van der Waals surface area contributed by atoms with Gasteiger partial charge in [-0.05, 0) is 61.7 Å². The van der Waals surface area contributed by atoms with Crippen LogP contribution in [0.1, 0.15) is 48.0 Å². The maximum absolute atomic E-state index is 13.6. The quantitative estimate of drug-likeness (QED) is 0.392. The van der Waals surface area contributed by atoms with Gasteiger partial charge in [0.25, 0.3) is 15.9 Å². The number of halogens is 1. The monoisotopic (exact) mass is 539 g/mol. The Balaban J connectivity index is 1.60. The summed E-state index contributed by atoms with van der Waals surface area (Å²) in [4.78, 5) is 26.3. The third kappa shape index (κ3) is 6.50. The van der Waals surface area contributed by atoms with Crippen molar-refractivity contribution >= 4 is 44.8 Å². The summed E-state index contributed by atoms with van der Waals surface area (Å²) >= 11 is 6.19. The number of amides is 2. The molecule has 194 valence electrons. The Hall–Kier alpha value is -3.36. The van der Waals surface area contributed by atoms with Gasteiger partial charge in [0.1, 0.15) is 6.54 Å². The van der Waals surface area contributed by atoms with Gasteiger partial charge in [-0.3, -0.25) is 13.9 Å². The molecule has 2 amide bonds. The zero-order chi connectivity index (χ0) is 26.4. The first-order valence-corrected chi connectivity index (χ1v) is 14.1. The molecule has 0 unspecified atom stereocenters. The number of nitrogens with zero attached hydrogens (tertiary/aromatic N) is 1. The third-order valence-electron chi connectivity index (χ3n) is 6.44. The lowest BCUT2D eigenvalue weighted by molar-refractivity contribution is -0.114. The summed E-state index contributed by atoms with van der Waals surface area (Å²) in [5.41, 5.74) is 1.59. The highest BCUT2D eigenvalue weighted by Crippen LogP contribution is 2.30. The lowest BCUT2D eigenvalue weighted by atomic mass is 9.95. The fourth-order valence-electron chi connectivity index (χ4n) is 4.49. The highest BCUT2D eigenvalue weighted by Gasteiger charge is 2.29. The Bertz CT molecular complexity index is 1370. The standard InChI is InChI=1S/C28H30ClN3O4S/c1-20-16-17-21(29)18-26(20)32(37(35,36)23-12-6-3-7-13-23)19-27(33)31-25-15-9-8-14-24(25)28(34)30-22-10-4-2-5-11-22/h3,6-9,12-18,22H,2,4-5,10-11,19H2,1H3,(H,30,34)(H,31,33). The van der Waals surface area contributed by atoms with Crippen molar-refractivity contribution in [3.8, 4) is 0 Å². The minimum atomic E-state index is -4.09. The predicted octanol–water partition coefficient (Wildman–Crippen LogP) is 5.54. The number of nitrogens with one attached hydrogen (secondary N) is 2.